The smallest absolute Gasteiger partial charge is 0.150 e. The molecule has 5 heteroatoms. The van der Waals surface area contributed by atoms with Crippen molar-refractivity contribution in [2.75, 3.05) is 37.8 Å². The van der Waals surface area contributed by atoms with Gasteiger partial charge in [0.15, 0.2) is 0 Å². The minimum atomic E-state index is 0.533. The van der Waals surface area contributed by atoms with Gasteiger partial charge in [-0.2, -0.15) is 5.10 Å². The molecule has 2 N–H and O–H groups in total. The molecule has 1 unspecified atom stereocenters. The van der Waals surface area contributed by atoms with Gasteiger partial charge in [0.25, 0.3) is 0 Å². The van der Waals surface area contributed by atoms with Gasteiger partial charge in [0.2, 0.25) is 0 Å². The number of likely N-dealkylation sites (tertiary alicyclic amines) is 1. The Labute approximate surface area is 110 Å². The van der Waals surface area contributed by atoms with Gasteiger partial charge in [-0.3, -0.25) is 4.68 Å². The van der Waals surface area contributed by atoms with Gasteiger partial charge in [-0.1, -0.05) is 6.92 Å². The Balaban J connectivity index is 2.22. The first-order valence-electron chi connectivity index (χ1n) is 6.77. The molecule has 1 aromatic heterocycles. The summed E-state index contributed by atoms with van der Waals surface area (Å²) in [6, 6.07) is 0.533. The predicted molar refractivity (Wildman–Crippen MR) is 75.9 cm³/mol. The number of nitrogens with two attached hydrogens (primary N) is 1. The largest absolute Gasteiger partial charge is 0.394 e. The van der Waals surface area contributed by atoms with E-state index in [1.54, 1.807) is 0 Å². The second-order valence-electron chi connectivity index (χ2n) is 5.33. The van der Waals surface area contributed by atoms with Crippen molar-refractivity contribution in [2.24, 2.45) is 7.05 Å². The van der Waals surface area contributed by atoms with E-state index in [9.17, 15) is 0 Å². The van der Waals surface area contributed by atoms with Crippen molar-refractivity contribution in [3.8, 4) is 0 Å². The lowest BCUT2D eigenvalue weighted by Crippen LogP contribution is -2.45. The minimum absolute atomic E-state index is 0.533. The van der Waals surface area contributed by atoms with Crippen molar-refractivity contribution in [1.82, 2.24) is 14.7 Å². The number of nitrogens with zero attached hydrogens (tertiary/aromatic N) is 4. The average molecular weight is 251 g/mol. The highest BCUT2D eigenvalue weighted by Gasteiger charge is 2.25. The molecule has 0 amide bonds. The first kappa shape index (κ1) is 13.2. The molecule has 0 aromatic carbocycles. The van der Waals surface area contributed by atoms with Crippen LogP contribution in [0.15, 0.2) is 0 Å². The topological polar surface area (TPSA) is 50.3 Å². The van der Waals surface area contributed by atoms with Crippen LogP contribution in [-0.2, 0) is 13.5 Å². The highest BCUT2D eigenvalue weighted by atomic mass is 15.4. The van der Waals surface area contributed by atoms with Crippen LogP contribution in [0.25, 0.3) is 0 Å². The van der Waals surface area contributed by atoms with Gasteiger partial charge in [0, 0.05) is 26.7 Å². The van der Waals surface area contributed by atoms with Crippen molar-refractivity contribution in [2.45, 2.75) is 32.2 Å². The molecule has 1 aliphatic heterocycles. The summed E-state index contributed by atoms with van der Waals surface area (Å²) in [5.41, 5.74) is 8.06. The molecule has 0 radical (unpaired) electrons. The number of piperidine rings is 1. The van der Waals surface area contributed by atoms with Crippen LogP contribution in [0.4, 0.5) is 11.5 Å². The number of nitrogen functional groups attached to an aromatic ring is 1. The van der Waals surface area contributed by atoms with E-state index < -0.39 is 0 Å². The van der Waals surface area contributed by atoms with Crippen LogP contribution in [0, 0.1) is 0 Å². The Morgan fingerprint density at radius 1 is 1.44 bits per heavy atom. The van der Waals surface area contributed by atoms with E-state index >= 15 is 0 Å². The summed E-state index contributed by atoms with van der Waals surface area (Å²) in [6.45, 7) is 4.39. The molecule has 1 saturated heterocycles. The van der Waals surface area contributed by atoms with E-state index in [1.807, 2.05) is 11.7 Å². The second kappa shape index (κ2) is 5.18. The lowest BCUT2D eigenvalue weighted by Gasteiger charge is -2.37. The number of anilines is 2. The van der Waals surface area contributed by atoms with Crippen LogP contribution in [0.1, 0.15) is 25.5 Å². The molecule has 1 atom stereocenters. The summed E-state index contributed by atoms with van der Waals surface area (Å²) in [5.74, 6) is 1.06. The fourth-order valence-corrected chi connectivity index (χ4v) is 2.89. The number of hydrogen-bond donors (Lipinski definition) is 1. The molecule has 102 valence electrons. The summed E-state index contributed by atoms with van der Waals surface area (Å²) >= 11 is 0. The van der Waals surface area contributed by atoms with Crippen molar-refractivity contribution in [3.05, 3.63) is 5.69 Å². The van der Waals surface area contributed by atoms with E-state index in [-0.39, 0.29) is 0 Å². The molecule has 0 spiro atoms. The molecule has 1 aliphatic rings. The Kier molecular flexibility index (Phi) is 3.80. The molecule has 2 heterocycles. The Bertz CT molecular complexity index is 412. The number of aryl methyl sites for hydroxylation is 2. The highest BCUT2D eigenvalue weighted by molar-refractivity contribution is 5.66. The zero-order valence-corrected chi connectivity index (χ0v) is 12.0. The third-order valence-corrected chi connectivity index (χ3v) is 3.95. The maximum Gasteiger partial charge on any atom is 0.150 e. The summed E-state index contributed by atoms with van der Waals surface area (Å²) in [7, 11) is 6.30. The second-order valence-corrected chi connectivity index (χ2v) is 5.33. The summed E-state index contributed by atoms with van der Waals surface area (Å²) in [6.07, 6.45) is 3.37. The van der Waals surface area contributed by atoms with Gasteiger partial charge in [0.05, 0.1) is 11.4 Å². The van der Waals surface area contributed by atoms with Crippen molar-refractivity contribution in [3.63, 3.8) is 0 Å². The Morgan fingerprint density at radius 3 is 2.72 bits per heavy atom. The van der Waals surface area contributed by atoms with E-state index in [2.05, 4.69) is 35.9 Å². The monoisotopic (exact) mass is 251 g/mol. The zero-order chi connectivity index (χ0) is 13.3. The number of rotatable bonds is 3. The zero-order valence-electron chi connectivity index (χ0n) is 12.0. The molecular formula is C13H25N5. The minimum Gasteiger partial charge on any atom is -0.394 e. The van der Waals surface area contributed by atoms with Gasteiger partial charge in [-0.05, 0) is 32.9 Å². The van der Waals surface area contributed by atoms with Crippen LogP contribution in [0.5, 0.6) is 0 Å². The van der Waals surface area contributed by atoms with Crippen LogP contribution >= 0.6 is 0 Å². The van der Waals surface area contributed by atoms with Gasteiger partial charge >= 0.3 is 0 Å². The molecular weight excluding hydrogens is 226 g/mol. The lowest BCUT2D eigenvalue weighted by molar-refractivity contribution is 0.247. The van der Waals surface area contributed by atoms with Crippen LogP contribution in [-0.4, -0.2) is 47.9 Å². The van der Waals surface area contributed by atoms with Crippen LogP contribution in [0.3, 0.4) is 0 Å². The number of hydrogen-bond acceptors (Lipinski definition) is 4. The normalized spacial score (nSPS) is 21.2. The van der Waals surface area contributed by atoms with Gasteiger partial charge < -0.3 is 15.5 Å². The van der Waals surface area contributed by atoms with Gasteiger partial charge in [-0.25, -0.2) is 0 Å². The molecule has 1 aromatic rings. The summed E-state index contributed by atoms with van der Waals surface area (Å²) < 4.78 is 1.92. The van der Waals surface area contributed by atoms with Crippen molar-refractivity contribution >= 4 is 11.5 Å². The van der Waals surface area contributed by atoms with Gasteiger partial charge in [-0.15, -0.1) is 0 Å². The Morgan fingerprint density at radius 2 is 2.17 bits per heavy atom. The van der Waals surface area contributed by atoms with E-state index in [0.717, 1.165) is 30.2 Å². The van der Waals surface area contributed by atoms with Gasteiger partial charge in [0.1, 0.15) is 5.82 Å². The standard InChI is InChI=1S/C13H25N5/c1-5-11-12(14)13(18(4)15-11)17(3)10-7-6-8-16(2)9-10/h10H,5-9,14H2,1-4H3. The maximum absolute atomic E-state index is 6.22. The first-order chi connectivity index (χ1) is 8.54. The SMILES string of the molecule is CCc1nn(C)c(N(C)C2CCCN(C)C2)c1N. The van der Waals surface area contributed by atoms with Crippen LogP contribution in [0.2, 0.25) is 0 Å². The molecule has 0 saturated carbocycles. The third kappa shape index (κ3) is 2.32. The molecule has 2 rings (SSSR count). The average Bonchev–Trinajstić information content (AvgIpc) is 2.63. The predicted octanol–water partition coefficient (Wildman–Crippen LogP) is 1.10. The molecule has 1 fully saturated rings. The summed E-state index contributed by atoms with van der Waals surface area (Å²) in [4.78, 5) is 4.69. The van der Waals surface area contributed by atoms with Crippen molar-refractivity contribution in [1.29, 1.82) is 0 Å². The fraction of sp³-hybridized carbons (Fsp3) is 0.769. The quantitative estimate of drug-likeness (QED) is 0.874. The highest BCUT2D eigenvalue weighted by Crippen LogP contribution is 2.29. The molecule has 0 bridgehead atoms. The fourth-order valence-electron chi connectivity index (χ4n) is 2.89. The lowest BCUT2D eigenvalue weighted by atomic mass is 10.0. The molecule has 18 heavy (non-hydrogen) atoms. The maximum atomic E-state index is 6.22. The first-order valence-corrected chi connectivity index (χ1v) is 6.77. The Hall–Kier alpha value is -1.23. The van der Waals surface area contributed by atoms with Crippen LogP contribution < -0.4 is 10.6 Å². The molecule has 0 aliphatic carbocycles. The van der Waals surface area contributed by atoms with E-state index in [4.69, 9.17) is 5.73 Å². The number of likely N-dealkylation sites (N-methyl/N-ethyl adjacent to an activating group) is 2. The molecule has 5 nitrogen and oxygen atoms in total. The van der Waals surface area contributed by atoms with E-state index in [0.29, 0.717) is 6.04 Å². The van der Waals surface area contributed by atoms with E-state index in [1.165, 1.54) is 19.4 Å². The number of aromatic nitrogens is 2. The third-order valence-electron chi connectivity index (χ3n) is 3.95. The van der Waals surface area contributed by atoms with Crippen molar-refractivity contribution < 1.29 is 0 Å². The summed E-state index contributed by atoms with van der Waals surface area (Å²) in [5, 5.41) is 4.50.